The van der Waals surface area contributed by atoms with E-state index in [1.54, 1.807) is 6.92 Å². The maximum atomic E-state index is 13.7. The number of ether oxygens (including phenoxy) is 9. The summed E-state index contributed by atoms with van der Waals surface area (Å²) in [5.74, 6) is -6.72. The summed E-state index contributed by atoms with van der Waals surface area (Å²) in [4.78, 5) is 64.9. The van der Waals surface area contributed by atoms with Gasteiger partial charge in [0.25, 0.3) is 11.8 Å². The van der Waals surface area contributed by atoms with E-state index < -0.39 is 53.6 Å². The van der Waals surface area contributed by atoms with Gasteiger partial charge in [-0.05, 0) is 32.6 Å². The largest absolute Gasteiger partial charge is 0.481 e. The number of hydrogen-bond acceptors (Lipinski definition) is 29. The average Bonchev–Trinajstić information content (AvgIpc) is 1.79. The Balaban J connectivity index is 0.000000313. The van der Waals surface area contributed by atoms with Gasteiger partial charge in [-0.2, -0.15) is 78.9 Å². The number of amides is 2. The van der Waals surface area contributed by atoms with Crippen molar-refractivity contribution < 1.29 is 103 Å². The minimum Gasteiger partial charge on any atom is -0.481 e. The SMILES string of the molecule is C.CCOC(=O)c1cn([C@H]2COCC[C@@H]2C#N)nc1Nc1cc(F)nc(OC)c1.COc1cc(Nc2nn([C@H]3COCC[C@@H]3C#N)cc2C(=O)O)cc(F)n1.COc1cc(Nc2nn([C@H]3COCC[C@@H]3C#N)cc2C(N)=O)cc(F)n1.COc1cc(Nc2nn([C@H]3COCC[C@@H]3C#N)cc2C(N)=O)cc(F)n1.I.IC(I)I.[CH2-]I.[V]. The van der Waals surface area contributed by atoms with Gasteiger partial charge in [0.05, 0.1) is 134 Å². The fourth-order valence-electron chi connectivity index (χ4n) is 11.2. The van der Waals surface area contributed by atoms with Gasteiger partial charge in [-0.1, -0.05) is 75.2 Å². The Morgan fingerprint density at radius 1 is 0.504 bits per heavy atom. The molecule has 0 aliphatic carbocycles. The maximum Gasteiger partial charge on any atom is 0.343 e. The summed E-state index contributed by atoms with van der Waals surface area (Å²) in [5.41, 5.74) is 12.3. The quantitative estimate of drug-likeness (QED) is 0.00877. The zero-order valence-electron chi connectivity index (χ0n) is 61.0. The number of halogens is 9. The van der Waals surface area contributed by atoms with Crippen molar-refractivity contribution in [2.24, 2.45) is 35.1 Å². The summed E-state index contributed by atoms with van der Waals surface area (Å²) in [5, 5.41) is 75.4. The number of nitrogens with two attached hydrogens (primary N) is 2. The molecule has 0 spiro atoms. The molecular formula is C69H78F4I5N22O14V-. The number of hydrogen-bond donors (Lipinski definition) is 7. The van der Waals surface area contributed by atoms with E-state index in [9.17, 15) is 62.9 Å². The van der Waals surface area contributed by atoms with Gasteiger partial charge in [0.1, 0.15) is 22.2 Å². The zero-order chi connectivity index (χ0) is 81.7. The van der Waals surface area contributed by atoms with Crippen LogP contribution in [0.25, 0.3) is 0 Å². The molecular weight excluding hydrogens is 2120 g/mol. The minimum absolute atomic E-state index is 0. The summed E-state index contributed by atoms with van der Waals surface area (Å²) in [6, 6.07) is 17.8. The molecule has 4 aliphatic heterocycles. The van der Waals surface area contributed by atoms with Crippen molar-refractivity contribution in [3.63, 3.8) is 0 Å². The fraction of sp³-hybridized carbons (Fsp3) is 0.406. The van der Waals surface area contributed by atoms with Crippen LogP contribution in [0.5, 0.6) is 23.5 Å². The van der Waals surface area contributed by atoms with Crippen LogP contribution < -0.4 is 51.7 Å². The van der Waals surface area contributed by atoms with Crippen molar-refractivity contribution in [2.75, 3.05) is 109 Å². The van der Waals surface area contributed by atoms with Crippen LogP contribution in [0.1, 0.15) is 106 Å². The van der Waals surface area contributed by atoms with Crippen LogP contribution in [0, 0.1) is 97.7 Å². The summed E-state index contributed by atoms with van der Waals surface area (Å²) in [6.07, 6.45) is 8.03. The van der Waals surface area contributed by atoms with E-state index in [1.165, 1.54) is 96.2 Å². The molecule has 8 atom stereocenters. The van der Waals surface area contributed by atoms with Crippen molar-refractivity contribution in [3.8, 4) is 47.8 Å². The number of rotatable bonds is 21. The average molecular weight is 2200 g/mol. The van der Waals surface area contributed by atoms with Crippen LogP contribution >= 0.6 is 114 Å². The molecule has 4 aliphatic rings. The van der Waals surface area contributed by atoms with E-state index in [-0.39, 0.29) is 180 Å². The van der Waals surface area contributed by atoms with Crippen LogP contribution in [-0.2, 0) is 42.2 Å². The molecule has 115 heavy (non-hydrogen) atoms. The standard InChI is InChI=1S/C18H20FN5O4.2C16H17FN6O3.C16H16FN5O4.CHI3.CH2I.CH4.HI.V/c1-3-28-18(25)13-9-24(14-10-27-5-4-11(14)8-20)23-17(13)21-12-6-15(19)22-16(7-12)26-2;2*1-25-14-5-10(4-13(17)21-14)20-16-11(15(19)24)7-23(22-16)12-8-26-3-2-9(12)6-18;1-25-14-5-10(4-13(17)20-14)19-15-11(16(23)24)7-22(21-15)12-8-26-3-2-9(12)6-18;2-1(3)4;1-2;;;/h6-7,9,11,14H,3-5,10H2,1-2H3,(H,21,22,23);2*4-5,7,9,12H,2-3,8H2,1H3,(H2,19,24)(H,20,21,22);4-5,7,9,12H,2-3,8H2,1H3,(H,23,24)(H,19,20,21);1H;1H2;1H4;1H;/q;;;;;-1;;;/t11-,14+;3*9-,12+;;;;;/m1111...../s1. The van der Waals surface area contributed by atoms with Gasteiger partial charge in [0.2, 0.25) is 47.3 Å². The molecule has 46 heteroatoms. The van der Waals surface area contributed by atoms with Crippen molar-refractivity contribution in [3.05, 3.63) is 124 Å². The van der Waals surface area contributed by atoms with Crippen molar-refractivity contribution in [2.45, 2.75) is 64.1 Å². The number of carbonyl (C=O) groups is 4. The minimum atomic E-state index is -1.20. The Kier molecular flexibility index (Phi) is 42.6. The van der Waals surface area contributed by atoms with E-state index in [4.69, 9.17) is 54.1 Å². The second-order valence-electron chi connectivity index (χ2n) is 23.5. The number of aromatic nitrogens is 12. The van der Waals surface area contributed by atoms with Gasteiger partial charge in [0.15, 0.2) is 23.3 Å². The first-order valence-electron chi connectivity index (χ1n) is 33.2. The molecule has 0 bridgehead atoms. The molecule has 36 nitrogen and oxygen atoms in total. The Hall–Kier alpha value is -8.53. The molecule has 2 amide bonds. The van der Waals surface area contributed by atoms with Gasteiger partial charge in [-0.3, -0.25) is 33.2 Å². The third-order valence-corrected chi connectivity index (χ3v) is 16.5. The van der Waals surface area contributed by atoms with Crippen molar-refractivity contribution >= 4 is 184 Å². The Bertz CT molecular complexity index is 4380. The van der Waals surface area contributed by atoms with Crippen molar-refractivity contribution in [1.29, 1.82) is 21.0 Å². The van der Waals surface area contributed by atoms with E-state index in [0.717, 1.165) is 24.2 Å². The first kappa shape index (κ1) is 98.8. The number of pyridine rings is 4. The number of nitrogens with zero attached hydrogens (tertiary/aromatic N) is 16. The zero-order valence-corrected chi connectivity index (χ0v) is 73.3. The number of methoxy groups -OCH3 is 4. The molecule has 4 saturated heterocycles. The fourth-order valence-corrected chi connectivity index (χ4v) is 11.2. The molecule has 0 saturated carbocycles. The Labute approximate surface area is 740 Å². The summed E-state index contributed by atoms with van der Waals surface area (Å²) in [7, 11) is 5.43. The predicted molar refractivity (Wildman–Crippen MR) is 447 cm³/mol. The third kappa shape index (κ3) is 28.7. The van der Waals surface area contributed by atoms with E-state index in [0.29, 0.717) is 89.0 Å². The molecule has 4 fully saturated rings. The number of carboxylic acids is 1. The molecule has 8 aromatic heterocycles. The van der Waals surface area contributed by atoms with Gasteiger partial charge in [0, 0.05) is 141 Å². The van der Waals surface area contributed by atoms with E-state index >= 15 is 0 Å². The number of esters is 1. The number of alkyl halides is 3. The molecule has 9 N–H and O–H groups in total. The second-order valence-corrected chi connectivity index (χ2v) is 34.4. The van der Waals surface area contributed by atoms with Gasteiger partial charge >= 0.3 is 11.9 Å². The molecule has 0 aromatic carbocycles. The smallest absolute Gasteiger partial charge is 0.343 e. The molecule has 1 radical (unpaired) electrons. The van der Waals surface area contributed by atoms with Crippen LogP contribution in [-0.4, -0.2) is 176 Å². The maximum absolute atomic E-state index is 13.7. The molecule has 12 rings (SSSR count). The summed E-state index contributed by atoms with van der Waals surface area (Å²) in [6.45, 7) is 5.03. The van der Waals surface area contributed by atoms with E-state index in [2.05, 4.69) is 159 Å². The number of carbonyl (C=O) groups excluding carboxylic acids is 3. The second kappa shape index (κ2) is 49.5. The van der Waals surface area contributed by atoms with Crippen molar-refractivity contribution in [1.82, 2.24) is 59.1 Å². The normalized spacial score (nSPS) is 18.3. The Morgan fingerprint density at radius 2 is 0.739 bits per heavy atom. The number of aromatic carboxylic acids is 1. The first-order chi connectivity index (χ1) is 53.8. The van der Waals surface area contributed by atoms with Crippen LogP contribution in [0.15, 0.2) is 73.3 Å². The first-order valence-corrected chi connectivity index (χ1v) is 38.5. The number of nitriles is 4. The number of nitrogens with one attached hydrogen (secondary N) is 4. The monoisotopic (exact) mass is 2200 g/mol. The van der Waals surface area contributed by atoms with Gasteiger partial charge < -0.3 is 103 Å². The Morgan fingerprint density at radius 3 is 0.965 bits per heavy atom. The third-order valence-electron chi connectivity index (χ3n) is 16.5. The summed E-state index contributed by atoms with van der Waals surface area (Å²) < 4.78 is 108. The topological polar surface area (TPSA) is 490 Å². The number of primary amides is 2. The molecule has 12 heterocycles. The van der Waals surface area contributed by atoms with Crippen LogP contribution in [0.4, 0.5) is 63.6 Å². The molecule has 0 unspecified atom stereocenters. The van der Waals surface area contributed by atoms with Gasteiger partial charge in [-0.15, -0.1) is 24.0 Å². The van der Waals surface area contributed by atoms with Gasteiger partial charge in [-0.25, -0.2) is 9.59 Å². The predicted octanol–water partition coefficient (Wildman–Crippen LogP) is 12.2. The molecule has 8 aromatic rings. The van der Waals surface area contributed by atoms with E-state index in [1.807, 2.05) is 22.6 Å². The number of carboxylic acid groups (broad SMARTS) is 1. The number of anilines is 8. The van der Waals surface area contributed by atoms with Crippen LogP contribution in [0.3, 0.4) is 0 Å². The summed E-state index contributed by atoms with van der Waals surface area (Å²) >= 11 is 8.85. The molecule has 617 valence electrons. The van der Waals surface area contributed by atoms with Crippen LogP contribution in [0.2, 0.25) is 0 Å².